The molecule has 146 valence electrons. The van der Waals surface area contributed by atoms with E-state index < -0.39 is 0 Å². The Morgan fingerprint density at radius 2 is 1.75 bits per heavy atom. The van der Waals surface area contributed by atoms with Gasteiger partial charge in [-0.15, -0.1) is 11.3 Å². The number of hydrogen-bond acceptors (Lipinski definition) is 5. The smallest absolute Gasteiger partial charge is 0.164 e. The summed E-state index contributed by atoms with van der Waals surface area (Å²) in [7, 11) is 0. The van der Waals surface area contributed by atoms with E-state index in [1.807, 2.05) is 23.6 Å². The van der Waals surface area contributed by atoms with Crippen LogP contribution in [-0.2, 0) is 12.8 Å². The Morgan fingerprint density at radius 3 is 2.57 bits per heavy atom. The predicted molar refractivity (Wildman–Crippen MR) is 117 cm³/mol. The normalized spacial score (nSPS) is 18.4. The number of thiophene rings is 1. The molecule has 1 N–H and O–H groups in total. The monoisotopic (exact) mass is 392 g/mol. The van der Waals surface area contributed by atoms with E-state index >= 15 is 0 Å². The average molecular weight is 393 g/mol. The van der Waals surface area contributed by atoms with E-state index in [9.17, 15) is 0 Å². The topological polar surface area (TPSA) is 50.7 Å². The Hall–Kier alpha value is -2.01. The molecule has 0 aromatic carbocycles. The molecule has 1 fully saturated rings. The van der Waals surface area contributed by atoms with Gasteiger partial charge in [0.25, 0.3) is 0 Å². The fourth-order valence-corrected chi connectivity index (χ4v) is 5.94. The first-order valence-corrected chi connectivity index (χ1v) is 11.7. The number of nitrogens with one attached hydrogen (secondary N) is 1. The Morgan fingerprint density at radius 1 is 0.929 bits per heavy atom. The summed E-state index contributed by atoms with van der Waals surface area (Å²) in [6.45, 7) is 0. The first-order chi connectivity index (χ1) is 13.9. The number of anilines is 1. The van der Waals surface area contributed by atoms with Crippen LogP contribution >= 0.6 is 11.3 Å². The van der Waals surface area contributed by atoms with Crippen molar-refractivity contribution >= 4 is 27.4 Å². The highest BCUT2D eigenvalue weighted by Gasteiger charge is 2.23. The van der Waals surface area contributed by atoms with Crippen molar-refractivity contribution < 1.29 is 0 Å². The number of nitrogens with zero attached hydrogens (tertiary/aromatic N) is 3. The van der Waals surface area contributed by atoms with Crippen molar-refractivity contribution in [2.45, 2.75) is 76.7 Å². The lowest BCUT2D eigenvalue weighted by atomic mass is 9.95. The van der Waals surface area contributed by atoms with Crippen LogP contribution in [-0.4, -0.2) is 21.0 Å². The molecule has 0 aliphatic heterocycles. The molecule has 2 aliphatic carbocycles. The van der Waals surface area contributed by atoms with Crippen molar-refractivity contribution in [3.05, 3.63) is 35.0 Å². The predicted octanol–water partition coefficient (Wildman–Crippen LogP) is 6.16. The lowest BCUT2D eigenvalue weighted by molar-refractivity contribution is 0.471. The molecular formula is C23H28N4S. The van der Waals surface area contributed by atoms with Gasteiger partial charge in [-0.05, 0) is 56.2 Å². The van der Waals surface area contributed by atoms with Gasteiger partial charge in [-0.2, -0.15) is 0 Å². The second kappa shape index (κ2) is 8.16. The van der Waals surface area contributed by atoms with E-state index in [1.165, 1.54) is 86.5 Å². The molecule has 4 nitrogen and oxygen atoms in total. The third kappa shape index (κ3) is 3.64. The zero-order valence-electron chi connectivity index (χ0n) is 16.4. The van der Waals surface area contributed by atoms with Gasteiger partial charge in [0.2, 0.25) is 0 Å². The Bertz CT molecular complexity index is 942. The van der Waals surface area contributed by atoms with Gasteiger partial charge in [-0.1, -0.05) is 32.1 Å². The summed E-state index contributed by atoms with van der Waals surface area (Å²) in [5.74, 6) is 1.86. The fraction of sp³-hybridized carbons (Fsp3) is 0.522. The fourth-order valence-electron chi connectivity index (χ4n) is 4.68. The molecule has 0 unspecified atom stereocenters. The molecule has 0 bridgehead atoms. The summed E-state index contributed by atoms with van der Waals surface area (Å²) < 4.78 is 0. The molecule has 3 heterocycles. The maximum absolute atomic E-state index is 5.04. The van der Waals surface area contributed by atoms with Crippen molar-refractivity contribution in [1.29, 1.82) is 0 Å². The Balaban J connectivity index is 1.58. The number of rotatable bonds is 3. The number of aromatic nitrogens is 3. The van der Waals surface area contributed by atoms with E-state index in [-0.39, 0.29) is 0 Å². The van der Waals surface area contributed by atoms with Crippen molar-refractivity contribution in [2.24, 2.45) is 0 Å². The molecule has 0 saturated heterocycles. The van der Waals surface area contributed by atoms with Gasteiger partial charge in [0.05, 0.1) is 5.39 Å². The third-order valence-corrected chi connectivity index (χ3v) is 7.37. The van der Waals surface area contributed by atoms with Gasteiger partial charge in [0, 0.05) is 28.9 Å². The van der Waals surface area contributed by atoms with Gasteiger partial charge in [0.15, 0.2) is 5.82 Å². The summed E-state index contributed by atoms with van der Waals surface area (Å²) in [4.78, 5) is 17.0. The van der Waals surface area contributed by atoms with Gasteiger partial charge in [-0.25, -0.2) is 9.97 Å². The van der Waals surface area contributed by atoms with Gasteiger partial charge >= 0.3 is 0 Å². The molecule has 5 rings (SSSR count). The van der Waals surface area contributed by atoms with Gasteiger partial charge < -0.3 is 5.32 Å². The van der Waals surface area contributed by atoms with Crippen LogP contribution in [0.1, 0.15) is 68.2 Å². The first-order valence-electron chi connectivity index (χ1n) is 10.9. The maximum atomic E-state index is 5.04. The first kappa shape index (κ1) is 18.0. The Kier molecular flexibility index (Phi) is 5.26. The van der Waals surface area contributed by atoms with Crippen molar-refractivity contribution in [2.75, 3.05) is 5.32 Å². The molecule has 5 heteroatoms. The zero-order chi connectivity index (χ0) is 18.8. The van der Waals surface area contributed by atoms with Gasteiger partial charge in [0.1, 0.15) is 10.6 Å². The summed E-state index contributed by atoms with van der Waals surface area (Å²) in [5.41, 5.74) is 2.51. The molecule has 3 aromatic heterocycles. The highest BCUT2D eigenvalue weighted by Crippen LogP contribution is 2.40. The minimum absolute atomic E-state index is 0.527. The van der Waals surface area contributed by atoms with Crippen LogP contribution in [0.2, 0.25) is 0 Å². The molecular weight excluding hydrogens is 364 g/mol. The largest absolute Gasteiger partial charge is 0.367 e. The molecule has 0 spiro atoms. The second-order valence-electron chi connectivity index (χ2n) is 8.21. The minimum Gasteiger partial charge on any atom is -0.367 e. The van der Waals surface area contributed by atoms with Crippen molar-refractivity contribution in [1.82, 2.24) is 15.0 Å². The molecule has 28 heavy (non-hydrogen) atoms. The summed E-state index contributed by atoms with van der Waals surface area (Å²) in [5, 5.41) is 5.17. The number of aryl methyl sites for hydroxylation is 2. The van der Waals surface area contributed by atoms with E-state index in [2.05, 4.69) is 16.4 Å². The maximum Gasteiger partial charge on any atom is 0.164 e. The summed E-state index contributed by atoms with van der Waals surface area (Å²) in [6.07, 6.45) is 17.9. The van der Waals surface area contributed by atoms with Gasteiger partial charge in [-0.3, -0.25) is 4.98 Å². The summed E-state index contributed by atoms with van der Waals surface area (Å²) in [6, 6.07) is 4.55. The average Bonchev–Trinajstić information content (AvgIpc) is 3.09. The molecule has 3 aromatic rings. The number of pyridine rings is 1. The Labute approximate surface area is 170 Å². The van der Waals surface area contributed by atoms with Crippen LogP contribution in [0.4, 0.5) is 5.82 Å². The SMILES string of the molecule is c1cncc(-c2nc(NC3CCCCCCC3)c3c4c(sc3n2)CCCC4)c1. The lowest BCUT2D eigenvalue weighted by Gasteiger charge is -2.23. The highest BCUT2D eigenvalue weighted by molar-refractivity contribution is 7.19. The third-order valence-electron chi connectivity index (χ3n) is 6.18. The van der Waals surface area contributed by atoms with E-state index in [1.54, 1.807) is 6.20 Å². The molecule has 2 aliphatic rings. The number of hydrogen-bond donors (Lipinski definition) is 1. The highest BCUT2D eigenvalue weighted by atomic mass is 32.1. The molecule has 0 radical (unpaired) electrons. The van der Waals surface area contributed by atoms with Crippen LogP contribution in [0.5, 0.6) is 0 Å². The molecule has 1 saturated carbocycles. The molecule has 0 atom stereocenters. The van der Waals surface area contributed by atoms with Crippen LogP contribution < -0.4 is 5.32 Å². The van der Waals surface area contributed by atoms with E-state index in [0.717, 1.165) is 22.0 Å². The molecule has 0 amide bonds. The van der Waals surface area contributed by atoms with Crippen LogP contribution in [0.25, 0.3) is 21.6 Å². The minimum atomic E-state index is 0.527. The van der Waals surface area contributed by atoms with E-state index in [4.69, 9.17) is 9.97 Å². The lowest BCUT2D eigenvalue weighted by Crippen LogP contribution is -2.21. The van der Waals surface area contributed by atoms with Crippen LogP contribution in [0.3, 0.4) is 0 Å². The van der Waals surface area contributed by atoms with Crippen LogP contribution in [0.15, 0.2) is 24.5 Å². The van der Waals surface area contributed by atoms with Crippen molar-refractivity contribution in [3.63, 3.8) is 0 Å². The number of fused-ring (bicyclic) bond motifs is 3. The standard InChI is InChI=1S/C23H28N4S/c1-2-4-10-17(11-5-3-1)25-22-20-18-12-6-7-13-19(18)28-23(20)27-21(26-22)16-9-8-14-24-15-16/h8-9,14-15,17H,1-7,10-13H2,(H,25,26,27). The zero-order valence-corrected chi connectivity index (χ0v) is 17.2. The van der Waals surface area contributed by atoms with E-state index in [0.29, 0.717) is 6.04 Å². The summed E-state index contributed by atoms with van der Waals surface area (Å²) >= 11 is 1.88. The second-order valence-corrected chi connectivity index (χ2v) is 9.30. The quantitative estimate of drug-likeness (QED) is 0.580. The van der Waals surface area contributed by atoms with Crippen LogP contribution in [0, 0.1) is 0 Å². The van der Waals surface area contributed by atoms with Crippen molar-refractivity contribution in [3.8, 4) is 11.4 Å².